The summed E-state index contributed by atoms with van der Waals surface area (Å²) in [6.07, 6.45) is 15.0. The van der Waals surface area contributed by atoms with E-state index in [-0.39, 0.29) is 0 Å². The number of halogens is 1. The highest BCUT2D eigenvalue weighted by Gasteiger charge is 1.89. The van der Waals surface area contributed by atoms with Crippen LogP contribution < -0.4 is 0 Å². The van der Waals surface area contributed by atoms with Gasteiger partial charge in [0.1, 0.15) is 0 Å². The molecule has 0 spiro atoms. The van der Waals surface area contributed by atoms with Crippen molar-refractivity contribution < 1.29 is 0 Å². The molecule has 78 valence electrons. The zero-order chi connectivity index (χ0) is 9.78. The number of hydrogen-bond donors (Lipinski definition) is 0. The second-order valence-corrected chi connectivity index (χ2v) is 3.86. The average molecular weight is 203 g/mol. The zero-order valence-corrected chi connectivity index (χ0v) is 9.65. The Bertz CT molecular complexity index is 108. The highest BCUT2D eigenvalue weighted by molar-refractivity contribution is 6.17. The molecule has 0 atom stereocenters. The van der Waals surface area contributed by atoms with Gasteiger partial charge in [-0.1, -0.05) is 44.8 Å². The Balaban J connectivity index is 2.87. The van der Waals surface area contributed by atoms with E-state index in [0.29, 0.717) is 0 Å². The summed E-state index contributed by atoms with van der Waals surface area (Å²) in [5.41, 5.74) is 0. The quantitative estimate of drug-likeness (QED) is 0.283. The highest BCUT2D eigenvalue weighted by Crippen LogP contribution is 2.07. The van der Waals surface area contributed by atoms with E-state index in [1.807, 2.05) is 0 Å². The van der Waals surface area contributed by atoms with Crippen molar-refractivity contribution in [1.29, 1.82) is 0 Å². The van der Waals surface area contributed by atoms with Gasteiger partial charge in [-0.3, -0.25) is 0 Å². The summed E-state index contributed by atoms with van der Waals surface area (Å²) >= 11 is 5.59. The van der Waals surface area contributed by atoms with Crippen molar-refractivity contribution >= 4 is 11.6 Å². The van der Waals surface area contributed by atoms with Crippen molar-refractivity contribution in [3.8, 4) is 0 Å². The highest BCUT2D eigenvalue weighted by atomic mass is 35.5. The van der Waals surface area contributed by atoms with Gasteiger partial charge < -0.3 is 0 Å². The predicted molar refractivity (Wildman–Crippen MR) is 62.5 cm³/mol. The molecule has 0 unspecified atom stereocenters. The molecule has 0 bridgehead atoms. The van der Waals surface area contributed by atoms with Crippen LogP contribution in [0.15, 0.2) is 12.2 Å². The molecule has 0 aliphatic heterocycles. The van der Waals surface area contributed by atoms with E-state index >= 15 is 0 Å². The minimum atomic E-state index is 0.833. The number of allylic oxidation sites excluding steroid dienone is 2. The number of unbranched alkanes of at least 4 members (excludes halogenated alkanes) is 6. The monoisotopic (exact) mass is 202 g/mol. The van der Waals surface area contributed by atoms with Crippen LogP contribution in [0.3, 0.4) is 0 Å². The molecule has 0 radical (unpaired) electrons. The van der Waals surface area contributed by atoms with Gasteiger partial charge in [-0.2, -0.15) is 0 Å². The van der Waals surface area contributed by atoms with Crippen molar-refractivity contribution in [2.75, 3.05) is 5.88 Å². The van der Waals surface area contributed by atoms with Crippen molar-refractivity contribution in [1.82, 2.24) is 0 Å². The number of alkyl halides is 1. The fourth-order valence-electron chi connectivity index (χ4n) is 1.35. The fraction of sp³-hybridized carbons (Fsp3) is 0.833. The first-order chi connectivity index (χ1) is 6.41. The van der Waals surface area contributed by atoms with Gasteiger partial charge in [0.25, 0.3) is 0 Å². The predicted octanol–water partition coefficient (Wildman–Crippen LogP) is 4.92. The lowest BCUT2D eigenvalue weighted by Gasteiger charge is -1.98. The topological polar surface area (TPSA) is 0 Å². The van der Waals surface area contributed by atoms with Crippen LogP contribution in [0, 0.1) is 0 Å². The minimum Gasteiger partial charge on any atom is -0.127 e. The van der Waals surface area contributed by atoms with Crippen LogP contribution in [0.2, 0.25) is 0 Å². The van der Waals surface area contributed by atoms with Crippen LogP contribution in [-0.2, 0) is 0 Å². The lowest BCUT2D eigenvalue weighted by molar-refractivity contribution is 0.612. The van der Waals surface area contributed by atoms with Crippen LogP contribution in [0.4, 0.5) is 0 Å². The second-order valence-electron chi connectivity index (χ2n) is 3.48. The van der Waals surface area contributed by atoms with Crippen LogP contribution in [0.1, 0.15) is 58.3 Å². The normalized spacial score (nSPS) is 11.2. The molecule has 0 heterocycles. The molecule has 0 aromatic rings. The third kappa shape index (κ3) is 12.0. The summed E-state index contributed by atoms with van der Waals surface area (Å²) < 4.78 is 0. The molecule has 0 aliphatic rings. The van der Waals surface area contributed by atoms with E-state index in [2.05, 4.69) is 19.1 Å². The minimum absolute atomic E-state index is 0.833. The molecule has 0 aromatic carbocycles. The van der Waals surface area contributed by atoms with Gasteiger partial charge in [-0.05, 0) is 25.7 Å². The molecule has 0 amide bonds. The van der Waals surface area contributed by atoms with Crippen LogP contribution in [0.25, 0.3) is 0 Å². The van der Waals surface area contributed by atoms with Crippen LogP contribution >= 0.6 is 11.6 Å². The first-order valence-electron chi connectivity index (χ1n) is 5.62. The maximum absolute atomic E-state index is 5.59. The molecule has 0 fully saturated rings. The molecule has 0 saturated heterocycles. The van der Waals surface area contributed by atoms with Crippen molar-refractivity contribution in [3.05, 3.63) is 12.2 Å². The average Bonchev–Trinajstić information content (AvgIpc) is 2.16. The summed E-state index contributed by atoms with van der Waals surface area (Å²) in [7, 11) is 0. The smallest absolute Gasteiger partial charge is 0.0223 e. The van der Waals surface area contributed by atoms with Gasteiger partial charge in [0, 0.05) is 5.88 Å². The maximum atomic E-state index is 5.59. The Labute approximate surface area is 88.4 Å². The van der Waals surface area contributed by atoms with E-state index in [1.54, 1.807) is 0 Å². The van der Waals surface area contributed by atoms with Crippen LogP contribution in [0.5, 0.6) is 0 Å². The summed E-state index contributed by atoms with van der Waals surface area (Å²) in [5, 5.41) is 0. The summed E-state index contributed by atoms with van der Waals surface area (Å²) in [4.78, 5) is 0. The van der Waals surface area contributed by atoms with Gasteiger partial charge in [0.2, 0.25) is 0 Å². The first-order valence-corrected chi connectivity index (χ1v) is 6.16. The van der Waals surface area contributed by atoms with Gasteiger partial charge in [-0.15, -0.1) is 11.6 Å². The molecule has 0 saturated carbocycles. The standard InChI is InChI=1S/C12H23Cl/c1-2-3-4-5-6-7-8-9-10-11-12-13/h3-4H,2,5-12H2,1H3. The second kappa shape index (κ2) is 12.0. The molecule has 0 nitrogen and oxygen atoms in total. The van der Waals surface area contributed by atoms with Gasteiger partial charge >= 0.3 is 0 Å². The van der Waals surface area contributed by atoms with Gasteiger partial charge in [0.15, 0.2) is 0 Å². The van der Waals surface area contributed by atoms with E-state index < -0.39 is 0 Å². The Morgan fingerprint density at radius 1 is 0.846 bits per heavy atom. The third-order valence-electron chi connectivity index (χ3n) is 2.16. The van der Waals surface area contributed by atoms with E-state index in [1.165, 1.54) is 51.4 Å². The number of rotatable bonds is 9. The summed E-state index contributed by atoms with van der Waals surface area (Å²) in [6.45, 7) is 2.18. The molecular formula is C12H23Cl. The number of hydrogen-bond acceptors (Lipinski definition) is 0. The zero-order valence-electron chi connectivity index (χ0n) is 8.90. The summed E-state index contributed by atoms with van der Waals surface area (Å²) in [6, 6.07) is 0. The van der Waals surface area contributed by atoms with Crippen LogP contribution in [-0.4, -0.2) is 5.88 Å². The van der Waals surface area contributed by atoms with E-state index in [4.69, 9.17) is 11.6 Å². The Morgan fingerprint density at radius 3 is 2.08 bits per heavy atom. The lowest BCUT2D eigenvalue weighted by Crippen LogP contribution is -1.80. The van der Waals surface area contributed by atoms with Crippen molar-refractivity contribution in [2.45, 2.75) is 58.3 Å². The molecule has 0 N–H and O–H groups in total. The molecule has 13 heavy (non-hydrogen) atoms. The summed E-state index contributed by atoms with van der Waals surface area (Å²) in [5.74, 6) is 0.833. The van der Waals surface area contributed by atoms with Crippen molar-refractivity contribution in [3.63, 3.8) is 0 Å². The molecule has 1 heteroatoms. The lowest BCUT2D eigenvalue weighted by atomic mass is 10.1. The first kappa shape index (κ1) is 13.0. The molecule has 0 aromatic heterocycles. The Kier molecular flexibility index (Phi) is 12.1. The Morgan fingerprint density at radius 2 is 1.46 bits per heavy atom. The SMILES string of the molecule is CCC=CCCCCCCCCCl. The third-order valence-corrected chi connectivity index (χ3v) is 2.42. The van der Waals surface area contributed by atoms with Crippen molar-refractivity contribution in [2.24, 2.45) is 0 Å². The van der Waals surface area contributed by atoms with Gasteiger partial charge in [-0.25, -0.2) is 0 Å². The van der Waals surface area contributed by atoms with Gasteiger partial charge in [0.05, 0.1) is 0 Å². The van der Waals surface area contributed by atoms with E-state index in [9.17, 15) is 0 Å². The maximum Gasteiger partial charge on any atom is 0.0223 e. The Hall–Kier alpha value is 0.0300. The molecule has 0 rings (SSSR count). The molecule has 0 aliphatic carbocycles. The largest absolute Gasteiger partial charge is 0.127 e. The fourth-order valence-corrected chi connectivity index (χ4v) is 1.54. The van der Waals surface area contributed by atoms with E-state index in [0.717, 1.165) is 5.88 Å². The molecular weight excluding hydrogens is 180 g/mol.